The summed E-state index contributed by atoms with van der Waals surface area (Å²) in [5, 5.41) is 7.46. The smallest absolute Gasteiger partial charge is 0.153 e. The van der Waals surface area contributed by atoms with Crippen molar-refractivity contribution in [2.24, 2.45) is 5.92 Å². The third-order valence-corrected chi connectivity index (χ3v) is 4.47. The van der Waals surface area contributed by atoms with Crippen molar-refractivity contribution in [3.8, 4) is 11.1 Å². The monoisotopic (exact) mass is 255 g/mol. The van der Waals surface area contributed by atoms with Crippen LogP contribution in [0.2, 0.25) is 0 Å². The molecule has 2 aromatic rings. The lowest BCUT2D eigenvalue weighted by atomic mass is 9.89. The number of aromatic nitrogens is 2. The Balaban J connectivity index is 2.11. The van der Waals surface area contributed by atoms with Crippen molar-refractivity contribution >= 4 is 5.82 Å². The first-order valence-corrected chi connectivity index (χ1v) is 7.08. The van der Waals surface area contributed by atoms with E-state index in [9.17, 15) is 0 Å². The summed E-state index contributed by atoms with van der Waals surface area (Å²) in [5.41, 5.74) is 10.9. The molecular weight excluding hydrogens is 234 g/mol. The Morgan fingerprint density at radius 1 is 1.26 bits per heavy atom. The number of benzene rings is 1. The molecule has 3 rings (SSSR count). The number of hydrogen-bond acceptors (Lipinski definition) is 2. The van der Waals surface area contributed by atoms with Crippen molar-refractivity contribution in [1.29, 1.82) is 0 Å². The number of nitrogens with one attached hydrogen (secondary N) is 1. The molecule has 1 fully saturated rings. The number of aryl methyl sites for hydroxylation is 1. The molecule has 3 N–H and O–H groups in total. The van der Waals surface area contributed by atoms with Crippen LogP contribution in [0.1, 0.15) is 43.4 Å². The van der Waals surface area contributed by atoms with E-state index in [4.69, 9.17) is 5.73 Å². The second-order valence-corrected chi connectivity index (χ2v) is 5.73. The summed E-state index contributed by atoms with van der Waals surface area (Å²) in [6.07, 6.45) is 3.84. The Morgan fingerprint density at radius 2 is 2.05 bits per heavy atom. The summed E-state index contributed by atoms with van der Waals surface area (Å²) in [6.45, 7) is 4.46. The molecule has 1 aliphatic carbocycles. The van der Waals surface area contributed by atoms with Gasteiger partial charge in [-0.05, 0) is 30.4 Å². The highest BCUT2D eigenvalue weighted by Gasteiger charge is 2.30. The number of rotatable bonds is 2. The van der Waals surface area contributed by atoms with Gasteiger partial charge in [0.05, 0.1) is 0 Å². The van der Waals surface area contributed by atoms with Crippen LogP contribution in [0, 0.1) is 12.8 Å². The van der Waals surface area contributed by atoms with Crippen molar-refractivity contribution in [1.82, 2.24) is 10.2 Å². The molecule has 0 bridgehead atoms. The third-order valence-electron chi connectivity index (χ3n) is 4.47. The van der Waals surface area contributed by atoms with Crippen molar-refractivity contribution in [2.75, 3.05) is 5.73 Å². The van der Waals surface area contributed by atoms with Gasteiger partial charge in [0, 0.05) is 17.2 Å². The molecule has 0 amide bonds. The van der Waals surface area contributed by atoms with Gasteiger partial charge in [-0.2, -0.15) is 5.10 Å². The summed E-state index contributed by atoms with van der Waals surface area (Å²) in [7, 11) is 0. The maximum atomic E-state index is 6.11. The molecular formula is C16H21N3. The van der Waals surface area contributed by atoms with Gasteiger partial charge in [-0.1, -0.05) is 44.0 Å². The number of nitrogens with two attached hydrogens (primary N) is 1. The number of aromatic amines is 1. The number of nitrogens with zero attached hydrogens (tertiary/aromatic N) is 1. The molecule has 0 radical (unpaired) electrons. The van der Waals surface area contributed by atoms with E-state index in [-0.39, 0.29) is 0 Å². The predicted molar refractivity (Wildman–Crippen MR) is 78.9 cm³/mol. The molecule has 100 valence electrons. The SMILES string of the molecule is Cc1ccccc1-c1c(N)n[nH]c1C1CCCC1C. The minimum atomic E-state index is 0.569. The van der Waals surface area contributed by atoms with Crippen molar-refractivity contribution in [3.05, 3.63) is 35.5 Å². The molecule has 3 nitrogen and oxygen atoms in total. The third kappa shape index (κ3) is 2.03. The van der Waals surface area contributed by atoms with Crippen LogP contribution in [-0.4, -0.2) is 10.2 Å². The van der Waals surface area contributed by atoms with Gasteiger partial charge in [0.15, 0.2) is 5.82 Å². The second kappa shape index (κ2) is 4.72. The predicted octanol–water partition coefficient (Wildman–Crippen LogP) is 3.87. The van der Waals surface area contributed by atoms with E-state index in [1.165, 1.54) is 36.1 Å². The van der Waals surface area contributed by atoms with Gasteiger partial charge in [-0.15, -0.1) is 0 Å². The van der Waals surface area contributed by atoms with Gasteiger partial charge < -0.3 is 5.73 Å². The van der Waals surface area contributed by atoms with Gasteiger partial charge >= 0.3 is 0 Å². The average molecular weight is 255 g/mol. The molecule has 1 aromatic heterocycles. The van der Waals surface area contributed by atoms with Crippen LogP contribution in [0.5, 0.6) is 0 Å². The number of nitrogen functional groups attached to an aromatic ring is 1. The van der Waals surface area contributed by atoms with Gasteiger partial charge in [-0.25, -0.2) is 0 Å². The summed E-state index contributed by atoms with van der Waals surface area (Å²) in [4.78, 5) is 0. The molecule has 1 heterocycles. The lowest BCUT2D eigenvalue weighted by Gasteiger charge is -2.16. The van der Waals surface area contributed by atoms with Crippen molar-refractivity contribution in [3.63, 3.8) is 0 Å². The normalized spacial score (nSPS) is 22.8. The van der Waals surface area contributed by atoms with Gasteiger partial charge in [0.25, 0.3) is 0 Å². The van der Waals surface area contributed by atoms with E-state index in [1.807, 2.05) is 0 Å². The molecule has 2 atom stereocenters. The second-order valence-electron chi connectivity index (χ2n) is 5.73. The lowest BCUT2D eigenvalue weighted by molar-refractivity contribution is 0.522. The molecule has 0 spiro atoms. The van der Waals surface area contributed by atoms with Gasteiger partial charge in [-0.3, -0.25) is 5.10 Å². The fourth-order valence-electron chi connectivity index (χ4n) is 3.35. The highest BCUT2D eigenvalue weighted by Crippen LogP contribution is 2.44. The summed E-state index contributed by atoms with van der Waals surface area (Å²) in [6, 6.07) is 8.40. The Bertz CT molecular complexity index is 585. The number of hydrogen-bond donors (Lipinski definition) is 2. The van der Waals surface area contributed by atoms with E-state index in [0.29, 0.717) is 17.7 Å². The highest BCUT2D eigenvalue weighted by atomic mass is 15.2. The Kier molecular flexibility index (Phi) is 3.05. The Morgan fingerprint density at radius 3 is 2.74 bits per heavy atom. The summed E-state index contributed by atoms with van der Waals surface area (Å²) < 4.78 is 0. The number of anilines is 1. The molecule has 0 aliphatic heterocycles. The highest BCUT2D eigenvalue weighted by molar-refractivity contribution is 5.79. The van der Waals surface area contributed by atoms with Gasteiger partial charge in [0.2, 0.25) is 0 Å². The van der Waals surface area contributed by atoms with E-state index >= 15 is 0 Å². The first kappa shape index (κ1) is 12.3. The van der Waals surface area contributed by atoms with Crippen molar-refractivity contribution in [2.45, 2.75) is 39.0 Å². The quantitative estimate of drug-likeness (QED) is 0.855. The molecule has 19 heavy (non-hydrogen) atoms. The van der Waals surface area contributed by atoms with E-state index in [1.54, 1.807) is 0 Å². The Hall–Kier alpha value is -1.77. The van der Waals surface area contributed by atoms with Crippen molar-refractivity contribution < 1.29 is 0 Å². The van der Waals surface area contributed by atoms with Crippen LogP contribution in [0.4, 0.5) is 5.82 Å². The lowest BCUT2D eigenvalue weighted by Crippen LogP contribution is -2.04. The minimum Gasteiger partial charge on any atom is -0.382 e. The molecule has 0 saturated heterocycles. The summed E-state index contributed by atoms with van der Waals surface area (Å²) >= 11 is 0. The van der Waals surface area contributed by atoms with Crippen LogP contribution in [0.3, 0.4) is 0 Å². The maximum Gasteiger partial charge on any atom is 0.153 e. The Labute approximate surface area is 114 Å². The van der Waals surface area contributed by atoms with Crippen LogP contribution < -0.4 is 5.73 Å². The van der Waals surface area contributed by atoms with E-state index < -0.39 is 0 Å². The first-order valence-electron chi connectivity index (χ1n) is 7.08. The van der Waals surface area contributed by atoms with Crippen LogP contribution in [-0.2, 0) is 0 Å². The van der Waals surface area contributed by atoms with Crippen LogP contribution in [0.25, 0.3) is 11.1 Å². The van der Waals surface area contributed by atoms with Crippen LogP contribution in [0.15, 0.2) is 24.3 Å². The fourth-order valence-corrected chi connectivity index (χ4v) is 3.35. The topological polar surface area (TPSA) is 54.7 Å². The number of H-pyrrole nitrogens is 1. The zero-order valence-electron chi connectivity index (χ0n) is 11.6. The van der Waals surface area contributed by atoms with Crippen LogP contribution >= 0.6 is 0 Å². The zero-order valence-corrected chi connectivity index (χ0v) is 11.6. The maximum absolute atomic E-state index is 6.11. The molecule has 3 heteroatoms. The zero-order chi connectivity index (χ0) is 13.4. The van der Waals surface area contributed by atoms with Gasteiger partial charge in [0.1, 0.15) is 0 Å². The standard InChI is InChI=1S/C16H21N3/c1-10-6-3-4-8-12(10)14-15(18-19-16(14)17)13-9-5-7-11(13)2/h3-4,6,8,11,13H,5,7,9H2,1-2H3,(H3,17,18,19). The molecule has 1 saturated carbocycles. The first-order chi connectivity index (χ1) is 9.18. The largest absolute Gasteiger partial charge is 0.382 e. The van der Waals surface area contributed by atoms with E-state index in [2.05, 4.69) is 48.3 Å². The summed E-state index contributed by atoms with van der Waals surface area (Å²) in [5.74, 6) is 1.91. The minimum absolute atomic E-state index is 0.569. The molecule has 2 unspecified atom stereocenters. The average Bonchev–Trinajstić information content (AvgIpc) is 2.96. The molecule has 1 aliphatic rings. The van der Waals surface area contributed by atoms with E-state index in [0.717, 1.165) is 5.56 Å². The molecule has 1 aromatic carbocycles. The fraction of sp³-hybridized carbons (Fsp3) is 0.438.